The minimum absolute atomic E-state index is 0.230. The zero-order chi connectivity index (χ0) is 10.8. The first kappa shape index (κ1) is 10.3. The van der Waals surface area contributed by atoms with Gasteiger partial charge in [0.1, 0.15) is 5.82 Å². The fourth-order valence-electron chi connectivity index (χ4n) is 1.66. The second-order valence-corrected chi connectivity index (χ2v) is 4.52. The number of rotatable bonds is 2. The summed E-state index contributed by atoms with van der Waals surface area (Å²) in [5, 5.41) is 2.04. The lowest BCUT2D eigenvalue weighted by Crippen LogP contribution is -1.99. The van der Waals surface area contributed by atoms with Gasteiger partial charge in [-0.3, -0.25) is 0 Å². The lowest BCUT2D eigenvalue weighted by molar-refractivity contribution is 0.625. The van der Waals surface area contributed by atoms with Crippen LogP contribution in [0.2, 0.25) is 0 Å². The molecule has 0 unspecified atom stereocenters. The van der Waals surface area contributed by atoms with Crippen molar-refractivity contribution >= 4 is 11.3 Å². The predicted molar refractivity (Wildman–Crippen MR) is 62.3 cm³/mol. The maximum absolute atomic E-state index is 13.0. The van der Waals surface area contributed by atoms with Crippen LogP contribution >= 0.6 is 11.3 Å². The molecule has 0 aliphatic heterocycles. The average molecular weight is 221 g/mol. The number of hydrogen-bond donors (Lipinski definition) is 1. The van der Waals surface area contributed by atoms with Crippen molar-refractivity contribution in [2.24, 2.45) is 5.73 Å². The zero-order valence-corrected chi connectivity index (χ0v) is 9.27. The highest BCUT2D eigenvalue weighted by molar-refractivity contribution is 7.10. The van der Waals surface area contributed by atoms with Crippen molar-refractivity contribution in [1.29, 1.82) is 0 Å². The molecule has 78 valence electrons. The van der Waals surface area contributed by atoms with E-state index < -0.39 is 0 Å². The molecular formula is C12H12FNS. The summed E-state index contributed by atoms with van der Waals surface area (Å²) in [6.07, 6.45) is 0. The molecule has 0 atom stereocenters. The van der Waals surface area contributed by atoms with E-state index >= 15 is 0 Å². The Labute approximate surface area is 92.4 Å². The van der Waals surface area contributed by atoms with Crippen molar-refractivity contribution in [1.82, 2.24) is 0 Å². The molecule has 3 heteroatoms. The molecule has 1 aromatic carbocycles. The number of thiophene rings is 1. The Bertz CT molecular complexity index is 476. The minimum Gasteiger partial charge on any atom is -0.326 e. The first-order valence-corrected chi connectivity index (χ1v) is 5.63. The van der Waals surface area contributed by atoms with Crippen LogP contribution in [0.25, 0.3) is 11.1 Å². The van der Waals surface area contributed by atoms with Gasteiger partial charge >= 0.3 is 0 Å². The number of benzene rings is 1. The predicted octanol–water partition coefficient (Wildman–Crippen LogP) is 3.32. The van der Waals surface area contributed by atoms with Crippen molar-refractivity contribution in [3.05, 3.63) is 45.9 Å². The minimum atomic E-state index is -0.230. The number of aryl methyl sites for hydroxylation is 1. The molecule has 0 radical (unpaired) electrons. The van der Waals surface area contributed by atoms with Crippen molar-refractivity contribution in [2.75, 3.05) is 0 Å². The van der Waals surface area contributed by atoms with E-state index in [0.717, 1.165) is 16.7 Å². The summed E-state index contributed by atoms with van der Waals surface area (Å²) in [7, 11) is 0. The van der Waals surface area contributed by atoms with E-state index in [1.165, 1.54) is 17.0 Å². The van der Waals surface area contributed by atoms with Crippen LogP contribution in [0.3, 0.4) is 0 Å². The average Bonchev–Trinajstić information content (AvgIpc) is 2.64. The van der Waals surface area contributed by atoms with Gasteiger partial charge < -0.3 is 5.73 Å². The number of nitrogens with two attached hydrogens (primary N) is 1. The molecule has 0 bridgehead atoms. The molecule has 0 aliphatic carbocycles. The molecule has 15 heavy (non-hydrogen) atoms. The fourth-order valence-corrected chi connectivity index (χ4v) is 2.37. The Balaban J connectivity index is 2.58. The van der Waals surface area contributed by atoms with Gasteiger partial charge in [0, 0.05) is 11.4 Å². The van der Waals surface area contributed by atoms with Crippen LogP contribution in [-0.4, -0.2) is 0 Å². The van der Waals surface area contributed by atoms with Crippen LogP contribution in [-0.2, 0) is 6.54 Å². The number of halogens is 1. The normalized spacial score (nSPS) is 10.6. The van der Waals surface area contributed by atoms with Crippen molar-refractivity contribution in [2.45, 2.75) is 13.5 Å². The summed E-state index contributed by atoms with van der Waals surface area (Å²) in [6.45, 7) is 2.42. The van der Waals surface area contributed by atoms with Crippen molar-refractivity contribution < 1.29 is 4.39 Å². The van der Waals surface area contributed by atoms with Gasteiger partial charge in [-0.2, -0.15) is 0 Å². The van der Waals surface area contributed by atoms with Gasteiger partial charge in [-0.05, 0) is 47.2 Å². The first-order valence-electron chi connectivity index (χ1n) is 4.75. The van der Waals surface area contributed by atoms with Crippen LogP contribution in [0.1, 0.15) is 10.4 Å². The van der Waals surface area contributed by atoms with Gasteiger partial charge in [-0.25, -0.2) is 4.39 Å². The lowest BCUT2D eigenvalue weighted by atomic mass is 10.0. The van der Waals surface area contributed by atoms with E-state index in [9.17, 15) is 4.39 Å². The molecule has 1 nitrogen and oxygen atoms in total. The second kappa shape index (κ2) is 4.13. The molecule has 0 aliphatic rings. The molecule has 0 fully saturated rings. The molecule has 0 spiro atoms. The van der Waals surface area contributed by atoms with E-state index in [4.69, 9.17) is 5.73 Å². The van der Waals surface area contributed by atoms with E-state index in [1.54, 1.807) is 17.4 Å². The summed E-state index contributed by atoms with van der Waals surface area (Å²) < 4.78 is 13.0. The first-order chi connectivity index (χ1) is 7.22. The Morgan fingerprint density at radius 3 is 2.67 bits per heavy atom. The number of hydrogen-bond acceptors (Lipinski definition) is 2. The highest BCUT2D eigenvalue weighted by Gasteiger charge is 2.08. The van der Waals surface area contributed by atoms with E-state index in [-0.39, 0.29) is 5.82 Å². The van der Waals surface area contributed by atoms with Gasteiger partial charge in [0.2, 0.25) is 0 Å². The summed E-state index contributed by atoms with van der Waals surface area (Å²) in [5.41, 5.74) is 8.66. The highest BCUT2D eigenvalue weighted by Crippen LogP contribution is 2.30. The maximum Gasteiger partial charge on any atom is 0.123 e. The summed E-state index contributed by atoms with van der Waals surface area (Å²) in [5.74, 6) is -0.230. The second-order valence-electron chi connectivity index (χ2n) is 3.40. The lowest BCUT2D eigenvalue weighted by Gasteiger charge is -2.07. The topological polar surface area (TPSA) is 26.0 Å². The van der Waals surface area contributed by atoms with Gasteiger partial charge in [0.15, 0.2) is 0 Å². The Morgan fingerprint density at radius 1 is 1.27 bits per heavy atom. The van der Waals surface area contributed by atoms with Crippen LogP contribution in [0.5, 0.6) is 0 Å². The maximum atomic E-state index is 13.0. The van der Waals surface area contributed by atoms with Crippen LogP contribution in [0, 0.1) is 12.7 Å². The van der Waals surface area contributed by atoms with Crippen molar-refractivity contribution in [3.8, 4) is 11.1 Å². The summed E-state index contributed by atoms with van der Waals surface area (Å²) in [6, 6.07) is 6.83. The zero-order valence-electron chi connectivity index (χ0n) is 8.46. The Hall–Kier alpha value is -1.19. The summed E-state index contributed by atoms with van der Waals surface area (Å²) >= 11 is 1.69. The van der Waals surface area contributed by atoms with Gasteiger partial charge in [0.05, 0.1) is 0 Å². The highest BCUT2D eigenvalue weighted by atomic mass is 32.1. The molecule has 1 aromatic heterocycles. The smallest absolute Gasteiger partial charge is 0.123 e. The molecule has 0 saturated carbocycles. The molecule has 2 rings (SSSR count). The molecule has 0 amide bonds. The monoisotopic (exact) mass is 221 g/mol. The molecule has 0 saturated heterocycles. The molecule has 2 aromatic rings. The van der Waals surface area contributed by atoms with Gasteiger partial charge in [-0.1, -0.05) is 6.07 Å². The standard InChI is InChI=1S/C12H12FNS/c1-8-11(4-5-15-8)12-3-2-10(13)6-9(12)7-14/h2-6H,7,14H2,1H3. The third-order valence-electron chi connectivity index (χ3n) is 2.44. The SMILES string of the molecule is Cc1sccc1-c1ccc(F)cc1CN. The molecular weight excluding hydrogens is 209 g/mol. The molecule has 2 N–H and O–H groups in total. The third-order valence-corrected chi connectivity index (χ3v) is 3.28. The Morgan fingerprint density at radius 2 is 2.07 bits per heavy atom. The van der Waals surface area contributed by atoms with E-state index in [2.05, 4.69) is 6.92 Å². The van der Waals surface area contributed by atoms with Crippen molar-refractivity contribution in [3.63, 3.8) is 0 Å². The Kier molecular flexibility index (Phi) is 2.84. The van der Waals surface area contributed by atoms with Gasteiger partial charge in [-0.15, -0.1) is 11.3 Å². The van der Waals surface area contributed by atoms with E-state index in [0.29, 0.717) is 6.54 Å². The van der Waals surface area contributed by atoms with Crippen LogP contribution in [0.15, 0.2) is 29.6 Å². The quantitative estimate of drug-likeness (QED) is 0.827. The molecule has 1 heterocycles. The van der Waals surface area contributed by atoms with E-state index in [1.807, 2.05) is 11.4 Å². The summed E-state index contributed by atoms with van der Waals surface area (Å²) in [4.78, 5) is 1.23. The fraction of sp³-hybridized carbons (Fsp3) is 0.167. The largest absolute Gasteiger partial charge is 0.326 e. The van der Waals surface area contributed by atoms with Gasteiger partial charge in [0.25, 0.3) is 0 Å². The van der Waals surface area contributed by atoms with Crippen LogP contribution in [0.4, 0.5) is 4.39 Å². The van der Waals surface area contributed by atoms with Crippen LogP contribution < -0.4 is 5.73 Å². The third kappa shape index (κ3) is 1.94.